The maximum Gasteiger partial charge on any atom is 0.338 e. The minimum atomic E-state index is -0.979. The van der Waals surface area contributed by atoms with Gasteiger partial charge in [0.25, 0.3) is 5.91 Å². The van der Waals surface area contributed by atoms with Gasteiger partial charge in [-0.1, -0.05) is 6.07 Å². The van der Waals surface area contributed by atoms with Gasteiger partial charge < -0.3 is 10.1 Å². The molecule has 2 aliphatic rings. The molecule has 0 spiro atoms. The lowest BCUT2D eigenvalue weighted by Gasteiger charge is -2.16. The van der Waals surface area contributed by atoms with Crippen LogP contribution in [-0.4, -0.2) is 29.8 Å². The smallest absolute Gasteiger partial charge is 0.338 e. The second-order valence-electron chi connectivity index (χ2n) is 7.54. The van der Waals surface area contributed by atoms with Crippen molar-refractivity contribution >= 4 is 35.1 Å². The van der Waals surface area contributed by atoms with Crippen molar-refractivity contribution in [1.29, 1.82) is 0 Å². The molecule has 30 heavy (non-hydrogen) atoms. The normalized spacial score (nSPS) is 16.4. The number of esters is 1. The summed E-state index contributed by atoms with van der Waals surface area (Å²) in [5.41, 5.74) is 3.89. The van der Waals surface area contributed by atoms with E-state index in [1.54, 1.807) is 0 Å². The standard InChI is InChI=1S/C23H22N2O5/c1-14(22(28)24-18-8-5-15-3-2-4-17(15)13-18)30-23(29)16-6-9-19(10-7-16)25-20(26)11-12-21(25)27/h5-10,13-14H,2-4,11-12H2,1H3,(H,24,28)/t14-/m0/s1. The highest BCUT2D eigenvalue weighted by Gasteiger charge is 2.30. The molecule has 1 aliphatic carbocycles. The summed E-state index contributed by atoms with van der Waals surface area (Å²) in [4.78, 5) is 49.5. The number of benzene rings is 2. The van der Waals surface area contributed by atoms with Crippen molar-refractivity contribution in [2.24, 2.45) is 0 Å². The fourth-order valence-corrected chi connectivity index (χ4v) is 3.79. The van der Waals surface area contributed by atoms with Gasteiger partial charge in [-0.15, -0.1) is 0 Å². The minimum absolute atomic E-state index is 0.194. The second-order valence-corrected chi connectivity index (χ2v) is 7.54. The van der Waals surface area contributed by atoms with Gasteiger partial charge in [0.2, 0.25) is 11.8 Å². The number of carbonyl (C=O) groups excluding carboxylic acids is 4. The molecule has 3 amide bonds. The van der Waals surface area contributed by atoms with Crippen LogP contribution in [-0.2, 0) is 32.0 Å². The number of imide groups is 1. The van der Waals surface area contributed by atoms with Crippen LogP contribution in [0.25, 0.3) is 0 Å². The van der Waals surface area contributed by atoms with Gasteiger partial charge in [0, 0.05) is 18.5 Å². The molecule has 0 radical (unpaired) electrons. The van der Waals surface area contributed by atoms with E-state index in [1.165, 1.54) is 42.3 Å². The number of hydrogen-bond donors (Lipinski definition) is 1. The Morgan fingerprint density at radius 2 is 1.60 bits per heavy atom. The molecule has 2 aromatic carbocycles. The first kappa shape index (κ1) is 19.8. The van der Waals surface area contributed by atoms with Crippen molar-refractivity contribution in [3.8, 4) is 0 Å². The summed E-state index contributed by atoms with van der Waals surface area (Å²) in [5.74, 6) is -1.58. The van der Waals surface area contributed by atoms with Gasteiger partial charge in [-0.25, -0.2) is 4.79 Å². The van der Waals surface area contributed by atoms with Crippen molar-refractivity contribution in [2.45, 2.75) is 45.1 Å². The number of hydrogen-bond acceptors (Lipinski definition) is 5. The average molecular weight is 406 g/mol. The Labute approximate surface area is 174 Å². The number of aryl methyl sites for hydroxylation is 2. The van der Waals surface area contributed by atoms with E-state index >= 15 is 0 Å². The van der Waals surface area contributed by atoms with Crippen LogP contribution >= 0.6 is 0 Å². The van der Waals surface area contributed by atoms with Crippen molar-refractivity contribution in [3.05, 3.63) is 59.2 Å². The average Bonchev–Trinajstić information content (AvgIpc) is 3.33. The van der Waals surface area contributed by atoms with Crippen LogP contribution in [0.3, 0.4) is 0 Å². The van der Waals surface area contributed by atoms with E-state index in [1.807, 2.05) is 18.2 Å². The number of anilines is 2. The highest BCUT2D eigenvalue weighted by Crippen LogP contribution is 2.25. The highest BCUT2D eigenvalue weighted by molar-refractivity contribution is 6.19. The van der Waals surface area contributed by atoms with Gasteiger partial charge >= 0.3 is 5.97 Å². The number of ether oxygens (including phenoxy) is 1. The van der Waals surface area contributed by atoms with Crippen molar-refractivity contribution in [2.75, 3.05) is 10.2 Å². The Kier molecular flexibility index (Phi) is 5.35. The van der Waals surface area contributed by atoms with E-state index in [0.29, 0.717) is 11.4 Å². The van der Waals surface area contributed by atoms with E-state index in [2.05, 4.69) is 5.32 Å². The van der Waals surface area contributed by atoms with E-state index in [9.17, 15) is 19.2 Å². The van der Waals surface area contributed by atoms with Gasteiger partial charge in [-0.3, -0.25) is 19.3 Å². The zero-order valence-electron chi connectivity index (χ0n) is 16.6. The molecule has 7 nitrogen and oxygen atoms in total. The molecule has 7 heteroatoms. The largest absolute Gasteiger partial charge is 0.449 e. The van der Waals surface area contributed by atoms with Gasteiger partial charge in [-0.05, 0) is 73.7 Å². The first-order valence-electron chi connectivity index (χ1n) is 10.0. The predicted octanol–water partition coefficient (Wildman–Crippen LogP) is 3.01. The summed E-state index contributed by atoms with van der Waals surface area (Å²) < 4.78 is 5.27. The third kappa shape index (κ3) is 3.96. The molecule has 0 bridgehead atoms. The number of carbonyl (C=O) groups is 4. The van der Waals surface area contributed by atoms with E-state index in [0.717, 1.165) is 24.2 Å². The highest BCUT2D eigenvalue weighted by atomic mass is 16.5. The summed E-state index contributed by atoms with van der Waals surface area (Å²) in [6.07, 6.45) is 2.61. The summed E-state index contributed by atoms with van der Waals surface area (Å²) >= 11 is 0. The topological polar surface area (TPSA) is 92.8 Å². The van der Waals surface area contributed by atoms with Crippen LogP contribution in [0.15, 0.2) is 42.5 Å². The van der Waals surface area contributed by atoms with Gasteiger partial charge in [0.1, 0.15) is 0 Å². The van der Waals surface area contributed by atoms with E-state index in [4.69, 9.17) is 4.74 Å². The lowest BCUT2D eigenvalue weighted by Crippen LogP contribution is -2.30. The molecule has 0 unspecified atom stereocenters. The molecule has 1 fully saturated rings. The second kappa shape index (κ2) is 8.10. The van der Waals surface area contributed by atoms with Crippen LogP contribution in [0.5, 0.6) is 0 Å². The molecular weight excluding hydrogens is 384 g/mol. The molecule has 1 heterocycles. The number of rotatable bonds is 5. The Bertz CT molecular complexity index is 1010. The number of nitrogens with one attached hydrogen (secondary N) is 1. The van der Waals surface area contributed by atoms with E-state index < -0.39 is 18.0 Å². The molecule has 2 aromatic rings. The molecule has 154 valence electrons. The Balaban J connectivity index is 1.36. The molecule has 0 aromatic heterocycles. The maximum absolute atomic E-state index is 12.4. The lowest BCUT2D eigenvalue weighted by molar-refractivity contribution is -0.124. The summed E-state index contributed by atoms with van der Waals surface area (Å²) in [6.45, 7) is 1.51. The minimum Gasteiger partial charge on any atom is -0.449 e. The van der Waals surface area contributed by atoms with Gasteiger partial charge in [0.15, 0.2) is 6.10 Å². The molecule has 1 N–H and O–H groups in total. The Hall–Kier alpha value is -3.48. The first-order valence-corrected chi connectivity index (χ1v) is 10.0. The predicted molar refractivity (Wildman–Crippen MR) is 110 cm³/mol. The molecule has 1 atom stereocenters. The molecule has 1 saturated heterocycles. The SMILES string of the molecule is C[C@H](OC(=O)c1ccc(N2C(=O)CCC2=O)cc1)C(=O)Nc1ccc2c(c1)CCC2. The molecule has 4 rings (SSSR count). The lowest BCUT2D eigenvalue weighted by atomic mass is 10.1. The van der Waals surface area contributed by atoms with Crippen LogP contribution < -0.4 is 10.2 Å². The summed E-state index contributed by atoms with van der Waals surface area (Å²) in [5, 5.41) is 2.79. The summed E-state index contributed by atoms with van der Waals surface area (Å²) in [7, 11) is 0. The zero-order valence-corrected chi connectivity index (χ0v) is 16.6. The third-order valence-corrected chi connectivity index (χ3v) is 5.43. The van der Waals surface area contributed by atoms with Crippen LogP contribution in [0.2, 0.25) is 0 Å². The molecule has 1 aliphatic heterocycles. The van der Waals surface area contributed by atoms with E-state index in [-0.39, 0.29) is 30.2 Å². The number of nitrogens with zero attached hydrogens (tertiary/aromatic N) is 1. The van der Waals surface area contributed by atoms with Crippen molar-refractivity contribution in [3.63, 3.8) is 0 Å². The summed E-state index contributed by atoms with van der Waals surface area (Å²) in [6, 6.07) is 11.8. The van der Waals surface area contributed by atoms with Crippen LogP contribution in [0.1, 0.15) is 47.7 Å². The van der Waals surface area contributed by atoms with Crippen molar-refractivity contribution < 1.29 is 23.9 Å². The number of fused-ring (bicyclic) bond motifs is 1. The first-order chi connectivity index (χ1) is 14.4. The van der Waals surface area contributed by atoms with Crippen LogP contribution in [0, 0.1) is 0 Å². The number of amides is 3. The maximum atomic E-state index is 12.4. The van der Waals surface area contributed by atoms with Gasteiger partial charge in [0.05, 0.1) is 11.3 Å². The van der Waals surface area contributed by atoms with Crippen molar-refractivity contribution in [1.82, 2.24) is 0 Å². The van der Waals surface area contributed by atoms with Gasteiger partial charge in [-0.2, -0.15) is 0 Å². The Morgan fingerprint density at radius 1 is 0.933 bits per heavy atom. The zero-order chi connectivity index (χ0) is 21.3. The molecule has 0 saturated carbocycles. The monoisotopic (exact) mass is 406 g/mol. The molecular formula is C23H22N2O5. The fraction of sp³-hybridized carbons (Fsp3) is 0.304. The quantitative estimate of drug-likeness (QED) is 0.609. The van der Waals surface area contributed by atoms with Crippen LogP contribution in [0.4, 0.5) is 11.4 Å². The Morgan fingerprint density at radius 3 is 2.30 bits per heavy atom. The third-order valence-electron chi connectivity index (χ3n) is 5.43. The fourth-order valence-electron chi connectivity index (χ4n) is 3.79.